The highest BCUT2D eigenvalue weighted by atomic mass is 32.2. The van der Waals surface area contributed by atoms with Gasteiger partial charge in [-0.3, -0.25) is 13.9 Å². The molecule has 2 heterocycles. The minimum atomic E-state index is -3.64. The molecule has 1 aliphatic rings. The van der Waals surface area contributed by atoms with Gasteiger partial charge >= 0.3 is 5.69 Å². The lowest BCUT2D eigenvalue weighted by Gasteiger charge is -2.16. The molecule has 0 bridgehead atoms. The second kappa shape index (κ2) is 8.91. The number of rotatable bonds is 7. The van der Waals surface area contributed by atoms with E-state index in [2.05, 4.69) is 5.32 Å². The van der Waals surface area contributed by atoms with Crippen LogP contribution in [0.15, 0.2) is 58.2 Å². The van der Waals surface area contributed by atoms with Crippen molar-refractivity contribution in [2.75, 3.05) is 13.1 Å². The first-order valence-electron chi connectivity index (χ1n) is 10.8. The van der Waals surface area contributed by atoms with Gasteiger partial charge in [0, 0.05) is 25.7 Å². The average molecular weight is 457 g/mol. The highest BCUT2D eigenvalue weighted by Gasteiger charge is 2.28. The molecule has 1 fully saturated rings. The Morgan fingerprint density at radius 1 is 1.03 bits per heavy atom. The third kappa shape index (κ3) is 4.22. The zero-order chi connectivity index (χ0) is 22.9. The number of carbonyl (C=O) groups excluding carboxylic acids is 1. The Morgan fingerprint density at radius 2 is 1.72 bits per heavy atom. The molecule has 2 aromatic carbocycles. The van der Waals surface area contributed by atoms with Crippen molar-refractivity contribution in [2.45, 2.75) is 50.7 Å². The summed E-state index contributed by atoms with van der Waals surface area (Å²) < 4.78 is 30.5. The van der Waals surface area contributed by atoms with Crippen LogP contribution in [0.25, 0.3) is 11.0 Å². The number of carbonyl (C=O) groups is 1. The molecule has 1 aromatic heterocycles. The molecule has 0 unspecified atom stereocenters. The molecule has 170 valence electrons. The highest BCUT2D eigenvalue weighted by Crippen LogP contribution is 2.25. The normalized spacial score (nSPS) is 15.0. The average Bonchev–Trinajstić information content (AvgIpc) is 3.40. The third-order valence-corrected chi connectivity index (χ3v) is 7.68. The van der Waals surface area contributed by atoms with Gasteiger partial charge in [0.2, 0.25) is 15.9 Å². The highest BCUT2D eigenvalue weighted by molar-refractivity contribution is 7.89. The van der Waals surface area contributed by atoms with Crippen molar-refractivity contribution in [1.82, 2.24) is 18.8 Å². The van der Waals surface area contributed by atoms with Crippen molar-refractivity contribution in [1.29, 1.82) is 0 Å². The van der Waals surface area contributed by atoms with Gasteiger partial charge in [-0.25, -0.2) is 13.2 Å². The Bertz CT molecular complexity index is 1290. The van der Waals surface area contributed by atoms with E-state index in [4.69, 9.17) is 0 Å². The second-order valence-corrected chi connectivity index (χ2v) is 10.3. The monoisotopic (exact) mass is 456 g/mol. The number of sulfonamides is 1. The lowest BCUT2D eigenvalue weighted by atomic mass is 10.2. The standard InChI is InChI=1S/C23H28N4O4S/c1-17(2)27-20-11-10-19(32(30,31)25-12-6-7-13-25)14-21(20)26(23(27)29)16-22(28)24-15-18-8-4-3-5-9-18/h3-5,8-11,14,17H,6-7,12-13,15-16H2,1-2H3,(H,24,28). The fourth-order valence-corrected chi connectivity index (χ4v) is 5.68. The first kappa shape index (κ1) is 22.3. The summed E-state index contributed by atoms with van der Waals surface area (Å²) in [4.78, 5) is 25.9. The molecule has 9 heteroatoms. The quantitative estimate of drug-likeness (QED) is 0.591. The molecule has 1 saturated heterocycles. The summed E-state index contributed by atoms with van der Waals surface area (Å²) in [5.74, 6) is -0.313. The summed E-state index contributed by atoms with van der Waals surface area (Å²) in [5, 5.41) is 2.83. The molecule has 0 saturated carbocycles. The van der Waals surface area contributed by atoms with Crippen LogP contribution in [-0.2, 0) is 27.9 Å². The van der Waals surface area contributed by atoms with Gasteiger partial charge in [0.15, 0.2) is 0 Å². The van der Waals surface area contributed by atoms with Crippen LogP contribution in [0.2, 0.25) is 0 Å². The van der Waals surface area contributed by atoms with Crippen molar-refractivity contribution in [3.63, 3.8) is 0 Å². The first-order valence-corrected chi connectivity index (χ1v) is 12.3. The number of benzene rings is 2. The number of hydrogen-bond donors (Lipinski definition) is 1. The van der Waals surface area contributed by atoms with E-state index in [9.17, 15) is 18.0 Å². The summed E-state index contributed by atoms with van der Waals surface area (Å²) in [7, 11) is -3.64. The van der Waals surface area contributed by atoms with Crippen LogP contribution in [0.1, 0.15) is 38.3 Å². The van der Waals surface area contributed by atoms with E-state index in [1.165, 1.54) is 14.9 Å². The van der Waals surface area contributed by atoms with Gasteiger partial charge in [0.05, 0.1) is 15.9 Å². The van der Waals surface area contributed by atoms with E-state index in [-0.39, 0.29) is 29.1 Å². The molecule has 32 heavy (non-hydrogen) atoms. The Hall–Kier alpha value is -2.91. The lowest BCUT2D eigenvalue weighted by molar-refractivity contribution is -0.121. The maximum absolute atomic E-state index is 13.1. The number of nitrogens with one attached hydrogen (secondary N) is 1. The van der Waals surface area contributed by atoms with Crippen LogP contribution in [-0.4, -0.2) is 40.9 Å². The van der Waals surface area contributed by atoms with E-state index in [1.807, 2.05) is 44.2 Å². The number of aromatic nitrogens is 2. The van der Waals surface area contributed by atoms with Crippen molar-refractivity contribution >= 4 is 27.0 Å². The van der Waals surface area contributed by atoms with Gasteiger partial charge in [0.1, 0.15) is 6.54 Å². The minimum Gasteiger partial charge on any atom is -0.350 e. The van der Waals surface area contributed by atoms with Crippen LogP contribution < -0.4 is 11.0 Å². The smallest absolute Gasteiger partial charge is 0.329 e. The van der Waals surface area contributed by atoms with E-state index in [0.29, 0.717) is 30.7 Å². The van der Waals surface area contributed by atoms with Crippen LogP contribution >= 0.6 is 0 Å². The van der Waals surface area contributed by atoms with E-state index in [0.717, 1.165) is 18.4 Å². The van der Waals surface area contributed by atoms with Gasteiger partial charge < -0.3 is 5.32 Å². The fourth-order valence-electron chi connectivity index (χ4n) is 4.15. The SMILES string of the molecule is CC(C)n1c(=O)n(CC(=O)NCc2ccccc2)c2cc(S(=O)(=O)N3CCCC3)ccc21. The number of nitrogens with zero attached hydrogens (tertiary/aromatic N) is 3. The fraction of sp³-hybridized carbons (Fsp3) is 0.391. The molecule has 4 rings (SSSR count). The van der Waals surface area contributed by atoms with E-state index < -0.39 is 10.0 Å². The predicted molar refractivity (Wildman–Crippen MR) is 123 cm³/mol. The van der Waals surface area contributed by atoms with Crippen molar-refractivity contribution < 1.29 is 13.2 Å². The van der Waals surface area contributed by atoms with Crippen molar-refractivity contribution in [3.8, 4) is 0 Å². The zero-order valence-corrected chi connectivity index (χ0v) is 19.1. The zero-order valence-electron chi connectivity index (χ0n) is 18.3. The number of imidazole rings is 1. The van der Waals surface area contributed by atoms with Crippen molar-refractivity contribution in [2.24, 2.45) is 0 Å². The van der Waals surface area contributed by atoms with Crippen LogP contribution in [0.3, 0.4) is 0 Å². The molecular formula is C23H28N4O4S. The molecule has 0 radical (unpaired) electrons. The van der Waals surface area contributed by atoms with Gasteiger partial charge in [-0.2, -0.15) is 4.31 Å². The van der Waals surface area contributed by atoms with Crippen LogP contribution in [0, 0.1) is 0 Å². The molecule has 0 atom stereocenters. The van der Waals surface area contributed by atoms with Gasteiger partial charge in [0.25, 0.3) is 0 Å². The van der Waals surface area contributed by atoms with Gasteiger partial charge in [-0.15, -0.1) is 0 Å². The molecule has 1 N–H and O–H groups in total. The van der Waals surface area contributed by atoms with Crippen molar-refractivity contribution in [3.05, 3.63) is 64.6 Å². The van der Waals surface area contributed by atoms with Crippen LogP contribution in [0.5, 0.6) is 0 Å². The third-order valence-electron chi connectivity index (χ3n) is 5.79. The Morgan fingerprint density at radius 3 is 2.38 bits per heavy atom. The van der Waals surface area contributed by atoms with E-state index >= 15 is 0 Å². The Labute approximate surface area is 187 Å². The molecule has 1 amide bonds. The second-order valence-electron chi connectivity index (χ2n) is 8.36. The molecular weight excluding hydrogens is 428 g/mol. The molecule has 0 spiro atoms. The predicted octanol–water partition coefficient (Wildman–Crippen LogP) is 2.48. The maximum atomic E-state index is 13.1. The summed E-state index contributed by atoms with van der Waals surface area (Å²) in [5.41, 5.74) is 1.68. The summed E-state index contributed by atoms with van der Waals surface area (Å²) in [6.45, 7) is 4.94. The minimum absolute atomic E-state index is 0.139. The number of hydrogen-bond acceptors (Lipinski definition) is 4. The summed E-state index contributed by atoms with van der Waals surface area (Å²) in [6.07, 6.45) is 1.69. The number of fused-ring (bicyclic) bond motifs is 1. The summed E-state index contributed by atoms with van der Waals surface area (Å²) >= 11 is 0. The Kier molecular flexibility index (Phi) is 6.21. The topological polar surface area (TPSA) is 93.4 Å². The maximum Gasteiger partial charge on any atom is 0.329 e. The van der Waals surface area contributed by atoms with Crippen LogP contribution in [0.4, 0.5) is 0 Å². The summed E-state index contributed by atoms with van der Waals surface area (Å²) in [6, 6.07) is 14.1. The van der Waals surface area contributed by atoms with E-state index in [1.54, 1.807) is 16.7 Å². The van der Waals surface area contributed by atoms with Gasteiger partial charge in [-0.1, -0.05) is 30.3 Å². The lowest BCUT2D eigenvalue weighted by Crippen LogP contribution is -2.33. The molecule has 0 aliphatic carbocycles. The molecule has 8 nitrogen and oxygen atoms in total. The first-order chi connectivity index (χ1) is 15.3. The Balaban J connectivity index is 1.69. The molecule has 3 aromatic rings. The molecule has 1 aliphatic heterocycles. The largest absolute Gasteiger partial charge is 0.350 e. The van der Waals surface area contributed by atoms with Gasteiger partial charge in [-0.05, 0) is 50.5 Å². The number of amides is 1.